The third-order valence-electron chi connectivity index (χ3n) is 0.705. The Bertz CT molecular complexity index is 133. The molecular weight excluding hydrogens is 144 g/mol. The molecule has 0 amide bonds. The minimum absolute atomic E-state index is 0.292. The van der Waals surface area contributed by atoms with Gasteiger partial charge in [0.25, 0.3) is 0 Å². The lowest BCUT2D eigenvalue weighted by Gasteiger charge is -1.80. The van der Waals surface area contributed by atoms with Crippen molar-refractivity contribution < 1.29 is 15.0 Å². The van der Waals surface area contributed by atoms with Crippen LogP contribution in [0, 0.1) is 12.3 Å². The molecule has 2 N–H and O–H groups in total. The zero-order valence-electron chi connectivity index (χ0n) is 6.87. The minimum Gasteiger partial charge on any atom is -0.481 e. The first kappa shape index (κ1) is 12.6. The highest BCUT2D eigenvalue weighted by molar-refractivity contribution is 5.66. The van der Waals surface area contributed by atoms with E-state index in [2.05, 4.69) is 12.3 Å². The molecule has 1 unspecified atom stereocenters. The summed E-state index contributed by atoms with van der Waals surface area (Å²) < 4.78 is 0. The van der Waals surface area contributed by atoms with Crippen molar-refractivity contribution in [2.24, 2.45) is 0 Å². The van der Waals surface area contributed by atoms with E-state index in [1.165, 1.54) is 0 Å². The molecule has 1 atom stereocenters. The Labute approximate surface area is 67.0 Å². The molecular formula is C8H14O3. The van der Waals surface area contributed by atoms with Gasteiger partial charge in [-0.05, 0) is 13.3 Å². The van der Waals surface area contributed by atoms with Crippen molar-refractivity contribution in [2.75, 3.05) is 0 Å². The van der Waals surface area contributed by atoms with Gasteiger partial charge in [0.1, 0.15) is 6.10 Å². The van der Waals surface area contributed by atoms with E-state index in [1.807, 2.05) is 6.92 Å². The van der Waals surface area contributed by atoms with Gasteiger partial charge in [0.15, 0.2) is 0 Å². The second-order valence-corrected chi connectivity index (χ2v) is 1.99. The molecule has 0 aromatic rings. The number of rotatable bonds is 2. The largest absolute Gasteiger partial charge is 0.481 e. The normalized spacial score (nSPS) is 10.4. The van der Waals surface area contributed by atoms with Gasteiger partial charge >= 0.3 is 5.97 Å². The standard InChI is InChI=1S/C4H8O2.C4H6O/c1-2-3-4(5)6;1-3-4(2)5/h2-3H2,1H3,(H,5,6);1,4-5H,2H3. The number of carboxylic acid groups (broad SMARTS) is 1. The van der Waals surface area contributed by atoms with Gasteiger partial charge in [0.05, 0.1) is 0 Å². The number of carbonyl (C=O) groups is 1. The Balaban J connectivity index is 0. The molecule has 0 rings (SSSR count). The van der Waals surface area contributed by atoms with Crippen molar-refractivity contribution in [1.29, 1.82) is 0 Å². The van der Waals surface area contributed by atoms with Crippen LogP contribution in [0.15, 0.2) is 0 Å². The molecule has 0 aliphatic carbocycles. The SMILES string of the molecule is C#CC(C)O.CCCC(=O)O. The Hall–Kier alpha value is -1.01. The molecule has 0 fully saturated rings. The molecule has 0 bridgehead atoms. The fraction of sp³-hybridized carbons (Fsp3) is 0.625. The maximum Gasteiger partial charge on any atom is 0.303 e. The summed E-state index contributed by atoms with van der Waals surface area (Å²) in [5, 5.41) is 16.0. The molecule has 0 radical (unpaired) electrons. The van der Waals surface area contributed by atoms with Crippen molar-refractivity contribution in [3.05, 3.63) is 0 Å². The molecule has 0 spiro atoms. The number of hydrogen-bond acceptors (Lipinski definition) is 2. The fourth-order valence-electron chi connectivity index (χ4n) is 0.214. The average molecular weight is 158 g/mol. The maximum absolute atomic E-state index is 9.60. The lowest BCUT2D eigenvalue weighted by Crippen LogP contribution is -1.90. The van der Waals surface area contributed by atoms with Crippen LogP contribution in [-0.2, 0) is 4.79 Å². The second kappa shape index (κ2) is 8.99. The summed E-state index contributed by atoms with van der Waals surface area (Å²) in [4.78, 5) is 9.60. The van der Waals surface area contributed by atoms with E-state index in [0.717, 1.165) is 6.42 Å². The molecule has 3 heteroatoms. The number of carboxylic acids is 1. The Morgan fingerprint density at radius 3 is 2.09 bits per heavy atom. The highest BCUT2D eigenvalue weighted by atomic mass is 16.4. The van der Waals surface area contributed by atoms with Crippen molar-refractivity contribution in [2.45, 2.75) is 32.8 Å². The van der Waals surface area contributed by atoms with E-state index < -0.39 is 12.1 Å². The second-order valence-electron chi connectivity index (χ2n) is 1.99. The van der Waals surface area contributed by atoms with Crippen LogP contribution in [0.4, 0.5) is 0 Å². The molecule has 0 aromatic heterocycles. The number of hydrogen-bond donors (Lipinski definition) is 2. The zero-order valence-corrected chi connectivity index (χ0v) is 6.87. The summed E-state index contributed by atoms with van der Waals surface area (Å²) in [5.41, 5.74) is 0. The van der Waals surface area contributed by atoms with Crippen LogP contribution in [0.2, 0.25) is 0 Å². The Kier molecular flexibility index (Phi) is 10.3. The third-order valence-corrected chi connectivity index (χ3v) is 0.705. The third kappa shape index (κ3) is 27.6. The number of terminal acetylenes is 1. The molecule has 0 aromatic carbocycles. The molecule has 0 aliphatic heterocycles. The van der Waals surface area contributed by atoms with Crippen LogP contribution in [-0.4, -0.2) is 22.3 Å². The number of aliphatic hydroxyl groups is 1. The predicted molar refractivity (Wildman–Crippen MR) is 43.1 cm³/mol. The maximum atomic E-state index is 9.60. The highest BCUT2D eigenvalue weighted by Crippen LogP contribution is 1.82. The Morgan fingerprint density at radius 2 is 2.09 bits per heavy atom. The van der Waals surface area contributed by atoms with Crippen molar-refractivity contribution in [3.8, 4) is 12.3 Å². The lowest BCUT2D eigenvalue weighted by molar-refractivity contribution is -0.137. The van der Waals surface area contributed by atoms with Crippen molar-refractivity contribution in [1.82, 2.24) is 0 Å². The first-order chi connectivity index (χ1) is 5.04. The van der Waals surface area contributed by atoms with Gasteiger partial charge in [0, 0.05) is 6.42 Å². The quantitative estimate of drug-likeness (QED) is 0.586. The first-order valence-electron chi connectivity index (χ1n) is 3.40. The summed E-state index contributed by atoms with van der Waals surface area (Å²) in [6, 6.07) is 0. The topological polar surface area (TPSA) is 57.5 Å². The number of aliphatic carboxylic acids is 1. The van der Waals surface area contributed by atoms with Gasteiger partial charge in [-0.25, -0.2) is 0 Å². The summed E-state index contributed by atoms with van der Waals surface area (Å²) in [6.45, 7) is 3.38. The number of aliphatic hydroxyl groups excluding tert-OH is 1. The fourth-order valence-corrected chi connectivity index (χ4v) is 0.214. The van der Waals surface area contributed by atoms with Crippen molar-refractivity contribution in [3.63, 3.8) is 0 Å². The van der Waals surface area contributed by atoms with Gasteiger partial charge in [0.2, 0.25) is 0 Å². The lowest BCUT2D eigenvalue weighted by atomic mass is 10.4. The van der Waals surface area contributed by atoms with Gasteiger partial charge in [-0.1, -0.05) is 12.8 Å². The molecule has 0 saturated carbocycles. The average Bonchev–Trinajstić information content (AvgIpc) is 1.89. The predicted octanol–water partition coefficient (Wildman–Crippen LogP) is 0.871. The molecule has 3 nitrogen and oxygen atoms in total. The highest BCUT2D eigenvalue weighted by Gasteiger charge is 1.87. The van der Waals surface area contributed by atoms with Crippen LogP contribution < -0.4 is 0 Å². The molecule has 64 valence electrons. The van der Waals surface area contributed by atoms with E-state index in [9.17, 15) is 4.79 Å². The van der Waals surface area contributed by atoms with E-state index in [1.54, 1.807) is 6.92 Å². The van der Waals surface area contributed by atoms with Gasteiger partial charge in [-0.2, -0.15) is 0 Å². The van der Waals surface area contributed by atoms with Crippen LogP contribution in [0.1, 0.15) is 26.7 Å². The van der Waals surface area contributed by atoms with Crippen LogP contribution >= 0.6 is 0 Å². The van der Waals surface area contributed by atoms with Crippen LogP contribution in [0.5, 0.6) is 0 Å². The first-order valence-corrected chi connectivity index (χ1v) is 3.40. The molecule has 0 heterocycles. The summed E-state index contributed by atoms with van der Waals surface area (Å²) in [5.74, 6) is 1.37. The monoisotopic (exact) mass is 158 g/mol. The van der Waals surface area contributed by atoms with Crippen LogP contribution in [0.3, 0.4) is 0 Å². The van der Waals surface area contributed by atoms with E-state index in [4.69, 9.17) is 10.2 Å². The molecule has 0 aliphatic rings. The summed E-state index contributed by atoms with van der Waals surface area (Å²) in [6.07, 6.45) is 5.11. The smallest absolute Gasteiger partial charge is 0.303 e. The molecule has 0 saturated heterocycles. The van der Waals surface area contributed by atoms with Gasteiger partial charge in [-0.3, -0.25) is 4.79 Å². The van der Waals surface area contributed by atoms with Crippen molar-refractivity contribution >= 4 is 5.97 Å². The van der Waals surface area contributed by atoms with E-state index >= 15 is 0 Å². The zero-order chi connectivity index (χ0) is 9.28. The van der Waals surface area contributed by atoms with Crippen LogP contribution in [0.25, 0.3) is 0 Å². The Morgan fingerprint density at radius 1 is 1.73 bits per heavy atom. The summed E-state index contributed by atoms with van der Waals surface area (Å²) in [7, 11) is 0. The molecule has 11 heavy (non-hydrogen) atoms. The van der Waals surface area contributed by atoms with Gasteiger partial charge < -0.3 is 10.2 Å². The van der Waals surface area contributed by atoms with E-state index in [0.29, 0.717) is 6.42 Å². The van der Waals surface area contributed by atoms with Gasteiger partial charge in [-0.15, -0.1) is 6.42 Å². The summed E-state index contributed by atoms with van der Waals surface area (Å²) >= 11 is 0. The van der Waals surface area contributed by atoms with E-state index in [-0.39, 0.29) is 0 Å². The minimum atomic E-state index is -0.711.